The molecule has 0 atom stereocenters. The van der Waals surface area contributed by atoms with Gasteiger partial charge >= 0.3 is 0 Å². The highest BCUT2D eigenvalue weighted by molar-refractivity contribution is 7.92. The minimum Gasteiger partial charge on any atom is -0.199 e. The monoisotopic (exact) mass is 329 g/mol. The first kappa shape index (κ1) is 18.4. The van der Waals surface area contributed by atoms with Crippen LogP contribution in [0.15, 0.2) is 33.3 Å². The van der Waals surface area contributed by atoms with Gasteiger partial charge in [0.15, 0.2) is 0 Å². The molecule has 0 amide bonds. The van der Waals surface area contributed by atoms with Crippen molar-refractivity contribution in [3.8, 4) is 0 Å². The largest absolute Gasteiger partial charge is 0.280 e. The van der Waals surface area contributed by atoms with E-state index >= 15 is 0 Å². The highest BCUT2D eigenvalue weighted by Gasteiger charge is 2.13. The molecular formula is C16H28NO2PS. The van der Waals surface area contributed by atoms with Crippen LogP contribution >= 0.6 is 7.71 Å². The number of nitrogens with zero attached hydrogens (tertiary/aromatic N) is 1. The van der Waals surface area contributed by atoms with Gasteiger partial charge in [-0.05, 0) is 50.6 Å². The predicted octanol–water partition coefficient (Wildman–Crippen LogP) is 4.94. The minimum atomic E-state index is -3.47. The minimum absolute atomic E-state index is 0.345. The lowest BCUT2D eigenvalue weighted by atomic mass is 10.1. The Bertz CT molecular complexity index is 542. The Morgan fingerprint density at radius 3 is 2.00 bits per heavy atom. The van der Waals surface area contributed by atoms with Crippen LogP contribution in [0.3, 0.4) is 0 Å². The van der Waals surface area contributed by atoms with Crippen LogP contribution in [-0.2, 0) is 16.4 Å². The Kier molecular flexibility index (Phi) is 8.28. The zero-order valence-corrected chi connectivity index (χ0v) is 15.2. The lowest BCUT2D eigenvalue weighted by Gasteiger charge is -2.07. The summed E-state index contributed by atoms with van der Waals surface area (Å²) >= 11 is 0. The molecule has 0 aliphatic carbocycles. The van der Waals surface area contributed by atoms with Crippen LogP contribution in [0.25, 0.3) is 0 Å². The molecule has 1 rings (SSSR count). The number of hydrogen-bond donors (Lipinski definition) is 0. The summed E-state index contributed by atoms with van der Waals surface area (Å²) in [5, 5.41) is 0. The van der Waals surface area contributed by atoms with E-state index in [0.717, 1.165) is 44.4 Å². The van der Waals surface area contributed by atoms with Crippen molar-refractivity contribution in [1.82, 2.24) is 0 Å². The smallest absolute Gasteiger partial charge is 0.199 e. The Morgan fingerprint density at radius 2 is 1.52 bits per heavy atom. The topological polar surface area (TPSA) is 46.5 Å². The van der Waals surface area contributed by atoms with Gasteiger partial charge in [0, 0.05) is 0 Å². The van der Waals surface area contributed by atoms with E-state index in [9.17, 15) is 8.42 Å². The lowest BCUT2D eigenvalue weighted by molar-refractivity contribution is 0.598. The van der Waals surface area contributed by atoms with Crippen molar-refractivity contribution < 1.29 is 8.42 Å². The van der Waals surface area contributed by atoms with E-state index in [4.69, 9.17) is 0 Å². The van der Waals surface area contributed by atoms with Crippen LogP contribution < -0.4 is 0 Å². The number of benzene rings is 1. The maximum atomic E-state index is 12.4. The molecule has 1 aromatic rings. The fraction of sp³-hybridized carbons (Fsp3) is 0.625. The Hall–Kier alpha value is -0.600. The summed E-state index contributed by atoms with van der Waals surface area (Å²) in [7, 11) is -4.61. The highest BCUT2D eigenvalue weighted by Crippen LogP contribution is 2.31. The molecular weight excluding hydrogens is 301 g/mol. The van der Waals surface area contributed by atoms with E-state index in [2.05, 4.69) is 24.9 Å². The average molecular weight is 329 g/mol. The van der Waals surface area contributed by atoms with Crippen molar-refractivity contribution in [2.75, 3.05) is 12.3 Å². The summed E-state index contributed by atoms with van der Waals surface area (Å²) in [5.74, 6) is 0. The van der Waals surface area contributed by atoms with Gasteiger partial charge in [-0.3, -0.25) is 0 Å². The highest BCUT2D eigenvalue weighted by atomic mass is 32.2. The van der Waals surface area contributed by atoms with Crippen molar-refractivity contribution in [3.63, 3.8) is 0 Å². The Morgan fingerprint density at radius 1 is 0.952 bits per heavy atom. The van der Waals surface area contributed by atoms with Gasteiger partial charge in [0.1, 0.15) is 0 Å². The van der Waals surface area contributed by atoms with Crippen molar-refractivity contribution in [2.24, 2.45) is 4.15 Å². The summed E-state index contributed by atoms with van der Waals surface area (Å²) in [5.41, 5.74) is 1.20. The Balaban J connectivity index is 2.93. The second kappa shape index (κ2) is 9.42. The second-order valence-electron chi connectivity index (χ2n) is 5.38. The summed E-state index contributed by atoms with van der Waals surface area (Å²) < 4.78 is 29.0. The van der Waals surface area contributed by atoms with Crippen LogP contribution in [0, 0.1) is 0 Å². The van der Waals surface area contributed by atoms with Gasteiger partial charge in [-0.2, -0.15) is 12.6 Å². The van der Waals surface area contributed by atoms with Gasteiger partial charge in [-0.15, -0.1) is 0 Å². The maximum Gasteiger partial charge on any atom is 0.280 e. The third-order valence-electron chi connectivity index (χ3n) is 3.37. The van der Waals surface area contributed by atoms with Crippen LogP contribution in [0.1, 0.15) is 52.0 Å². The van der Waals surface area contributed by atoms with Crippen LogP contribution in [0.2, 0.25) is 0 Å². The molecule has 0 aliphatic heterocycles. The zero-order chi connectivity index (χ0) is 15.7. The number of sulfonamides is 1. The van der Waals surface area contributed by atoms with Gasteiger partial charge in [-0.1, -0.05) is 52.2 Å². The molecule has 0 unspecified atom stereocenters. The fourth-order valence-corrected chi connectivity index (χ4v) is 6.62. The van der Waals surface area contributed by atoms with Crippen molar-refractivity contribution >= 4 is 17.7 Å². The van der Waals surface area contributed by atoms with E-state index in [1.54, 1.807) is 12.1 Å². The van der Waals surface area contributed by atoms with Gasteiger partial charge in [0.05, 0.1) is 4.90 Å². The number of rotatable bonds is 9. The first-order chi connectivity index (χ1) is 10.0. The van der Waals surface area contributed by atoms with E-state index < -0.39 is 17.7 Å². The molecule has 0 saturated carbocycles. The van der Waals surface area contributed by atoms with Crippen molar-refractivity contribution in [1.29, 1.82) is 0 Å². The quantitative estimate of drug-likeness (QED) is 0.603. The predicted molar refractivity (Wildman–Crippen MR) is 93.3 cm³/mol. The van der Waals surface area contributed by atoms with Gasteiger partial charge in [0.2, 0.25) is 0 Å². The molecule has 0 aliphatic rings. The molecule has 5 heteroatoms. The van der Waals surface area contributed by atoms with Gasteiger partial charge < -0.3 is 0 Å². The van der Waals surface area contributed by atoms with Crippen LogP contribution in [0.5, 0.6) is 0 Å². The Labute approximate surface area is 130 Å². The second-order valence-corrected chi connectivity index (χ2v) is 9.66. The third-order valence-corrected chi connectivity index (χ3v) is 8.38. The number of unbranched alkanes of at least 4 members (excludes halogenated alkanes) is 1. The summed E-state index contributed by atoms with van der Waals surface area (Å²) in [4.78, 5) is 0.345. The maximum absolute atomic E-state index is 12.4. The van der Waals surface area contributed by atoms with Crippen LogP contribution in [-0.4, -0.2) is 20.7 Å². The molecule has 3 nitrogen and oxygen atoms in total. The van der Waals surface area contributed by atoms with E-state index in [0.29, 0.717) is 4.90 Å². The van der Waals surface area contributed by atoms with Crippen molar-refractivity contribution in [3.05, 3.63) is 29.8 Å². The summed E-state index contributed by atoms with van der Waals surface area (Å²) in [6, 6.07) is 7.26. The summed E-state index contributed by atoms with van der Waals surface area (Å²) in [6.07, 6.45) is 7.17. The SMILES string of the molecule is CCCCc1ccc(S(=O)(=O)N=[PH](CCC)CCC)cc1. The molecule has 0 aromatic heterocycles. The van der Waals surface area contributed by atoms with Gasteiger partial charge in [0.25, 0.3) is 10.0 Å². The molecule has 120 valence electrons. The molecule has 1 aromatic carbocycles. The van der Waals surface area contributed by atoms with E-state index in [1.807, 2.05) is 12.1 Å². The zero-order valence-electron chi connectivity index (χ0n) is 13.4. The molecule has 0 N–H and O–H groups in total. The first-order valence-corrected chi connectivity index (χ1v) is 11.2. The fourth-order valence-electron chi connectivity index (χ4n) is 2.23. The van der Waals surface area contributed by atoms with Crippen molar-refractivity contribution in [2.45, 2.75) is 57.8 Å². The molecule has 0 spiro atoms. The third kappa shape index (κ3) is 6.36. The summed E-state index contributed by atoms with van der Waals surface area (Å²) in [6.45, 7) is 6.33. The lowest BCUT2D eigenvalue weighted by Crippen LogP contribution is -1.97. The first-order valence-electron chi connectivity index (χ1n) is 7.95. The molecule has 0 saturated heterocycles. The number of hydrogen-bond acceptors (Lipinski definition) is 2. The molecule has 0 radical (unpaired) electrons. The van der Waals surface area contributed by atoms with Gasteiger partial charge in [-0.25, -0.2) is 0 Å². The van der Waals surface area contributed by atoms with E-state index in [1.165, 1.54) is 5.56 Å². The average Bonchev–Trinajstić information content (AvgIpc) is 2.46. The molecule has 21 heavy (non-hydrogen) atoms. The van der Waals surface area contributed by atoms with E-state index in [-0.39, 0.29) is 0 Å². The molecule has 0 heterocycles. The number of aryl methyl sites for hydroxylation is 1. The normalized spacial score (nSPS) is 11.8. The standard InChI is InChI=1S/C16H28NO2PS/c1-4-7-8-15-9-11-16(12-10-15)21(18,19)17-20(13-5-2)14-6-3/h9-12,20H,4-8,13-14H2,1-3H3. The molecule has 0 bridgehead atoms. The van der Waals surface area contributed by atoms with Crippen LogP contribution in [0.4, 0.5) is 0 Å². The molecule has 0 fully saturated rings.